The van der Waals surface area contributed by atoms with Crippen molar-refractivity contribution in [2.24, 2.45) is 0 Å². The maximum absolute atomic E-state index is 11.9. The Labute approximate surface area is 149 Å². The molecule has 0 aliphatic carbocycles. The Morgan fingerprint density at radius 2 is 1.68 bits per heavy atom. The predicted molar refractivity (Wildman–Crippen MR) is 98.2 cm³/mol. The summed E-state index contributed by atoms with van der Waals surface area (Å²) in [6.07, 6.45) is 1.92. The van der Waals surface area contributed by atoms with Gasteiger partial charge in [0.15, 0.2) is 6.61 Å². The Hall–Kier alpha value is -2.62. The van der Waals surface area contributed by atoms with E-state index < -0.39 is 5.97 Å². The highest BCUT2D eigenvalue weighted by Gasteiger charge is 2.11. The molecule has 1 N–H and O–H groups in total. The first kappa shape index (κ1) is 18.7. The first-order chi connectivity index (χ1) is 12.0. The Balaban J connectivity index is 1.65. The summed E-state index contributed by atoms with van der Waals surface area (Å²) < 4.78 is 5.05. The molecule has 0 aliphatic rings. The minimum absolute atomic E-state index is 0.0310. The van der Waals surface area contributed by atoms with Crippen molar-refractivity contribution in [3.05, 3.63) is 71.3 Å². The maximum Gasteiger partial charge on any atom is 0.310 e. The minimum atomic E-state index is -0.393. The van der Waals surface area contributed by atoms with Crippen molar-refractivity contribution in [3.8, 4) is 0 Å². The number of amides is 1. The SMILES string of the molecule is Cc1ccc(CC(=O)OCC(=O)NC(C)CCc2ccccc2)cc1. The van der Waals surface area contributed by atoms with Gasteiger partial charge in [0.25, 0.3) is 5.91 Å². The molecule has 132 valence electrons. The molecule has 2 rings (SSSR count). The fraction of sp³-hybridized carbons (Fsp3) is 0.333. The van der Waals surface area contributed by atoms with E-state index in [1.54, 1.807) is 0 Å². The van der Waals surface area contributed by atoms with Gasteiger partial charge in [0.1, 0.15) is 0 Å². The molecule has 0 aromatic heterocycles. The van der Waals surface area contributed by atoms with Crippen LogP contribution in [0.4, 0.5) is 0 Å². The average molecular weight is 339 g/mol. The highest BCUT2D eigenvalue weighted by atomic mass is 16.5. The number of benzene rings is 2. The second-order valence-electron chi connectivity index (χ2n) is 6.32. The zero-order valence-electron chi connectivity index (χ0n) is 14.8. The van der Waals surface area contributed by atoms with Crippen LogP contribution in [0.3, 0.4) is 0 Å². The molecule has 0 aliphatic heterocycles. The van der Waals surface area contributed by atoms with Crippen molar-refractivity contribution in [2.45, 2.75) is 39.2 Å². The highest BCUT2D eigenvalue weighted by Crippen LogP contribution is 2.06. The van der Waals surface area contributed by atoms with E-state index in [-0.39, 0.29) is 25.0 Å². The van der Waals surface area contributed by atoms with Crippen LogP contribution in [0.25, 0.3) is 0 Å². The number of rotatable bonds is 8. The third-order valence-corrected chi connectivity index (χ3v) is 3.95. The molecule has 0 saturated carbocycles. The summed E-state index contributed by atoms with van der Waals surface area (Å²) in [5, 5.41) is 2.86. The smallest absolute Gasteiger partial charge is 0.310 e. The molecule has 0 fully saturated rings. The lowest BCUT2D eigenvalue weighted by molar-refractivity contribution is -0.148. The molecule has 2 aromatic rings. The van der Waals surface area contributed by atoms with Crippen LogP contribution in [0.2, 0.25) is 0 Å². The van der Waals surface area contributed by atoms with Crippen molar-refractivity contribution < 1.29 is 14.3 Å². The van der Waals surface area contributed by atoms with E-state index >= 15 is 0 Å². The molecular formula is C21H25NO3. The molecule has 1 atom stereocenters. The van der Waals surface area contributed by atoms with Crippen LogP contribution < -0.4 is 5.32 Å². The summed E-state index contributed by atoms with van der Waals surface area (Å²) in [7, 11) is 0. The molecule has 1 unspecified atom stereocenters. The molecule has 2 aromatic carbocycles. The standard InChI is InChI=1S/C21H25NO3/c1-16-8-11-19(12-9-16)14-21(24)25-15-20(23)22-17(2)10-13-18-6-4-3-5-7-18/h3-9,11-12,17H,10,13-15H2,1-2H3,(H,22,23). The van der Waals surface area contributed by atoms with Crippen LogP contribution in [-0.4, -0.2) is 24.5 Å². The summed E-state index contributed by atoms with van der Waals surface area (Å²) in [6.45, 7) is 3.71. The first-order valence-electron chi connectivity index (χ1n) is 8.57. The van der Waals surface area contributed by atoms with Crippen molar-refractivity contribution in [1.82, 2.24) is 5.32 Å². The Bertz CT molecular complexity index is 680. The molecule has 4 heteroatoms. The van der Waals surface area contributed by atoms with E-state index in [0.717, 1.165) is 24.0 Å². The molecule has 0 saturated heterocycles. The first-order valence-corrected chi connectivity index (χ1v) is 8.57. The van der Waals surface area contributed by atoms with Gasteiger partial charge in [-0.15, -0.1) is 0 Å². The minimum Gasteiger partial charge on any atom is -0.455 e. The highest BCUT2D eigenvalue weighted by molar-refractivity contribution is 5.81. The quantitative estimate of drug-likeness (QED) is 0.751. The van der Waals surface area contributed by atoms with E-state index in [0.29, 0.717) is 0 Å². The van der Waals surface area contributed by atoms with Gasteiger partial charge < -0.3 is 10.1 Å². The zero-order valence-corrected chi connectivity index (χ0v) is 14.8. The molecule has 0 spiro atoms. The number of carbonyl (C=O) groups excluding carboxylic acids is 2. The van der Waals surface area contributed by atoms with Crippen LogP contribution in [0.15, 0.2) is 54.6 Å². The van der Waals surface area contributed by atoms with Crippen molar-refractivity contribution in [1.29, 1.82) is 0 Å². The summed E-state index contributed by atoms with van der Waals surface area (Å²) in [6, 6.07) is 17.8. The third kappa shape index (κ3) is 7.21. The van der Waals surface area contributed by atoms with Gasteiger partial charge in [-0.2, -0.15) is 0 Å². The summed E-state index contributed by atoms with van der Waals surface area (Å²) in [4.78, 5) is 23.7. The Morgan fingerprint density at radius 1 is 1.00 bits per heavy atom. The lowest BCUT2D eigenvalue weighted by atomic mass is 10.1. The average Bonchev–Trinajstić information content (AvgIpc) is 2.61. The van der Waals surface area contributed by atoms with Crippen LogP contribution in [0, 0.1) is 6.92 Å². The summed E-state index contributed by atoms with van der Waals surface area (Å²) in [5.74, 6) is -0.659. The van der Waals surface area contributed by atoms with Crippen molar-refractivity contribution in [2.75, 3.05) is 6.61 Å². The second kappa shape index (κ2) is 9.62. The number of nitrogens with one attached hydrogen (secondary N) is 1. The Kier molecular flexibility index (Phi) is 7.20. The van der Waals surface area contributed by atoms with E-state index in [4.69, 9.17) is 4.74 Å². The fourth-order valence-corrected chi connectivity index (χ4v) is 2.49. The van der Waals surface area contributed by atoms with E-state index in [1.807, 2.05) is 56.3 Å². The number of hydrogen-bond acceptors (Lipinski definition) is 3. The number of carbonyl (C=O) groups is 2. The predicted octanol–water partition coefficient (Wildman–Crippen LogP) is 3.22. The van der Waals surface area contributed by atoms with Gasteiger partial charge in [-0.1, -0.05) is 60.2 Å². The van der Waals surface area contributed by atoms with Gasteiger partial charge in [0.05, 0.1) is 6.42 Å². The van der Waals surface area contributed by atoms with Crippen molar-refractivity contribution in [3.63, 3.8) is 0 Å². The second-order valence-corrected chi connectivity index (χ2v) is 6.32. The number of hydrogen-bond donors (Lipinski definition) is 1. The molecule has 4 nitrogen and oxygen atoms in total. The van der Waals surface area contributed by atoms with Gasteiger partial charge in [0.2, 0.25) is 0 Å². The molecule has 0 bridgehead atoms. The van der Waals surface area contributed by atoms with E-state index in [1.165, 1.54) is 5.56 Å². The number of ether oxygens (including phenoxy) is 1. The van der Waals surface area contributed by atoms with Crippen molar-refractivity contribution >= 4 is 11.9 Å². The Morgan fingerprint density at radius 3 is 2.36 bits per heavy atom. The monoisotopic (exact) mass is 339 g/mol. The summed E-state index contributed by atoms with van der Waals surface area (Å²) in [5.41, 5.74) is 3.27. The van der Waals surface area contributed by atoms with Gasteiger partial charge >= 0.3 is 5.97 Å². The van der Waals surface area contributed by atoms with Crippen LogP contribution in [-0.2, 0) is 27.2 Å². The fourth-order valence-electron chi connectivity index (χ4n) is 2.49. The lowest BCUT2D eigenvalue weighted by Crippen LogP contribution is -2.36. The van der Waals surface area contributed by atoms with Gasteiger partial charge in [0, 0.05) is 6.04 Å². The largest absolute Gasteiger partial charge is 0.455 e. The molecule has 0 heterocycles. The van der Waals surface area contributed by atoms with E-state index in [2.05, 4.69) is 17.4 Å². The van der Waals surface area contributed by atoms with Crippen LogP contribution in [0.5, 0.6) is 0 Å². The molecular weight excluding hydrogens is 314 g/mol. The van der Waals surface area contributed by atoms with Gasteiger partial charge in [-0.25, -0.2) is 0 Å². The van der Waals surface area contributed by atoms with Crippen LogP contribution >= 0.6 is 0 Å². The lowest BCUT2D eigenvalue weighted by Gasteiger charge is -2.14. The number of esters is 1. The zero-order chi connectivity index (χ0) is 18.1. The summed E-state index contributed by atoms with van der Waals surface area (Å²) >= 11 is 0. The number of aryl methyl sites for hydroxylation is 2. The normalized spacial score (nSPS) is 11.6. The van der Waals surface area contributed by atoms with Crippen LogP contribution in [0.1, 0.15) is 30.0 Å². The van der Waals surface area contributed by atoms with E-state index in [9.17, 15) is 9.59 Å². The molecule has 0 radical (unpaired) electrons. The third-order valence-electron chi connectivity index (χ3n) is 3.95. The maximum atomic E-state index is 11.9. The molecule has 25 heavy (non-hydrogen) atoms. The molecule has 1 amide bonds. The van der Waals surface area contributed by atoms with Gasteiger partial charge in [-0.05, 0) is 37.8 Å². The van der Waals surface area contributed by atoms with Gasteiger partial charge in [-0.3, -0.25) is 9.59 Å². The topological polar surface area (TPSA) is 55.4 Å².